The second-order valence-electron chi connectivity index (χ2n) is 5.56. The molecule has 0 bridgehead atoms. The summed E-state index contributed by atoms with van der Waals surface area (Å²) in [5.74, 6) is -0.721. The van der Waals surface area contributed by atoms with E-state index in [1.165, 1.54) is 0 Å². The van der Waals surface area contributed by atoms with E-state index in [4.69, 9.17) is 5.73 Å². The molecule has 1 aliphatic rings. The summed E-state index contributed by atoms with van der Waals surface area (Å²) in [6.45, 7) is -0.0645. The van der Waals surface area contributed by atoms with Crippen molar-refractivity contribution in [1.29, 1.82) is 0 Å². The molecular formula is C16H22N2O3. The van der Waals surface area contributed by atoms with Crippen molar-refractivity contribution in [2.24, 2.45) is 5.73 Å². The third kappa shape index (κ3) is 4.29. The van der Waals surface area contributed by atoms with Crippen molar-refractivity contribution in [2.75, 3.05) is 6.54 Å². The van der Waals surface area contributed by atoms with Gasteiger partial charge in [-0.25, -0.2) is 0 Å². The van der Waals surface area contributed by atoms with Gasteiger partial charge >= 0.3 is 0 Å². The largest absolute Gasteiger partial charge is 0.388 e. The number of amides is 2. The van der Waals surface area contributed by atoms with Crippen LogP contribution in [0.4, 0.5) is 0 Å². The van der Waals surface area contributed by atoms with Crippen molar-refractivity contribution in [3.8, 4) is 0 Å². The van der Waals surface area contributed by atoms with E-state index < -0.39 is 12.0 Å². The van der Waals surface area contributed by atoms with E-state index in [2.05, 4.69) is 0 Å². The lowest BCUT2D eigenvalue weighted by molar-refractivity contribution is -0.139. The molecule has 5 heteroatoms. The van der Waals surface area contributed by atoms with Gasteiger partial charge in [-0.05, 0) is 18.4 Å². The van der Waals surface area contributed by atoms with Gasteiger partial charge in [-0.3, -0.25) is 9.59 Å². The number of primary amides is 1. The molecule has 0 spiro atoms. The summed E-state index contributed by atoms with van der Waals surface area (Å²) < 4.78 is 0. The van der Waals surface area contributed by atoms with Gasteiger partial charge in [0.1, 0.15) is 0 Å². The van der Waals surface area contributed by atoms with E-state index in [0.717, 1.165) is 25.7 Å². The Hall–Kier alpha value is -1.88. The van der Waals surface area contributed by atoms with Crippen molar-refractivity contribution < 1.29 is 14.7 Å². The smallest absolute Gasteiger partial charge is 0.237 e. The third-order valence-corrected chi connectivity index (χ3v) is 3.96. The molecule has 1 aromatic rings. The SMILES string of the molecule is NC(=O)CN(C(=O)CC(O)c1ccccc1)C1CCCC1. The van der Waals surface area contributed by atoms with E-state index in [1.807, 2.05) is 18.2 Å². The van der Waals surface area contributed by atoms with Gasteiger partial charge in [0.2, 0.25) is 11.8 Å². The number of hydrogen-bond acceptors (Lipinski definition) is 3. The Balaban J connectivity index is 2.02. The minimum atomic E-state index is -0.851. The number of aliphatic hydroxyl groups excluding tert-OH is 1. The molecule has 2 amide bonds. The van der Waals surface area contributed by atoms with Crippen LogP contribution < -0.4 is 5.73 Å². The maximum atomic E-state index is 12.4. The van der Waals surface area contributed by atoms with Crippen molar-refractivity contribution in [2.45, 2.75) is 44.2 Å². The average molecular weight is 290 g/mol. The average Bonchev–Trinajstić information content (AvgIpc) is 2.99. The molecule has 1 fully saturated rings. The van der Waals surface area contributed by atoms with Gasteiger partial charge in [0, 0.05) is 6.04 Å². The zero-order valence-corrected chi connectivity index (χ0v) is 12.1. The van der Waals surface area contributed by atoms with E-state index in [0.29, 0.717) is 5.56 Å². The van der Waals surface area contributed by atoms with Crippen molar-refractivity contribution in [1.82, 2.24) is 4.90 Å². The number of carbonyl (C=O) groups is 2. The van der Waals surface area contributed by atoms with Crippen LogP contribution >= 0.6 is 0 Å². The zero-order chi connectivity index (χ0) is 15.2. The van der Waals surface area contributed by atoms with E-state index in [-0.39, 0.29) is 24.9 Å². The molecule has 2 rings (SSSR count). The lowest BCUT2D eigenvalue weighted by Crippen LogP contribution is -2.44. The highest BCUT2D eigenvalue weighted by molar-refractivity contribution is 5.84. The Morgan fingerprint density at radius 3 is 2.43 bits per heavy atom. The third-order valence-electron chi connectivity index (χ3n) is 3.96. The van der Waals surface area contributed by atoms with Crippen molar-refractivity contribution in [3.63, 3.8) is 0 Å². The molecule has 0 aromatic heterocycles. The molecule has 1 aromatic carbocycles. The number of benzene rings is 1. The van der Waals surface area contributed by atoms with E-state index in [9.17, 15) is 14.7 Å². The highest BCUT2D eigenvalue weighted by Gasteiger charge is 2.29. The van der Waals surface area contributed by atoms with Gasteiger partial charge in [0.25, 0.3) is 0 Å². The maximum Gasteiger partial charge on any atom is 0.237 e. The van der Waals surface area contributed by atoms with Crippen LogP contribution in [0.15, 0.2) is 30.3 Å². The lowest BCUT2D eigenvalue weighted by Gasteiger charge is -2.28. The molecule has 1 atom stereocenters. The number of hydrogen-bond donors (Lipinski definition) is 2. The molecule has 1 unspecified atom stereocenters. The fourth-order valence-corrected chi connectivity index (χ4v) is 2.88. The summed E-state index contributed by atoms with van der Waals surface area (Å²) in [4.78, 5) is 25.1. The highest BCUT2D eigenvalue weighted by Crippen LogP contribution is 2.25. The summed E-state index contributed by atoms with van der Waals surface area (Å²) in [6, 6.07) is 9.14. The summed E-state index contributed by atoms with van der Waals surface area (Å²) in [6.07, 6.45) is 3.06. The second-order valence-corrected chi connectivity index (χ2v) is 5.56. The first-order valence-corrected chi connectivity index (χ1v) is 7.38. The van der Waals surface area contributed by atoms with Crippen LogP contribution in [0.3, 0.4) is 0 Å². The van der Waals surface area contributed by atoms with Gasteiger partial charge in [-0.2, -0.15) is 0 Å². The van der Waals surface area contributed by atoms with Crippen LogP contribution in [-0.4, -0.2) is 34.4 Å². The molecule has 1 saturated carbocycles. The number of rotatable bonds is 6. The monoisotopic (exact) mass is 290 g/mol. The highest BCUT2D eigenvalue weighted by atomic mass is 16.3. The Morgan fingerprint density at radius 1 is 1.24 bits per heavy atom. The Labute approximate surface area is 124 Å². The van der Waals surface area contributed by atoms with Crippen LogP contribution in [0.2, 0.25) is 0 Å². The van der Waals surface area contributed by atoms with E-state index >= 15 is 0 Å². The Morgan fingerprint density at radius 2 is 1.86 bits per heavy atom. The summed E-state index contributed by atoms with van der Waals surface area (Å²) in [5, 5.41) is 10.2. The number of nitrogens with two attached hydrogens (primary N) is 1. The second kappa shape index (κ2) is 7.22. The quantitative estimate of drug-likeness (QED) is 0.830. The first kappa shape index (κ1) is 15.5. The maximum absolute atomic E-state index is 12.4. The topological polar surface area (TPSA) is 83.6 Å². The first-order chi connectivity index (χ1) is 10.1. The normalized spacial score (nSPS) is 16.6. The van der Waals surface area contributed by atoms with Crippen molar-refractivity contribution >= 4 is 11.8 Å². The van der Waals surface area contributed by atoms with Gasteiger partial charge in [-0.15, -0.1) is 0 Å². The standard InChI is InChI=1S/C16H22N2O3/c17-15(20)11-18(13-8-4-5-9-13)16(21)10-14(19)12-6-2-1-3-7-12/h1-3,6-7,13-14,19H,4-5,8-11H2,(H2,17,20). The van der Waals surface area contributed by atoms with Crippen LogP contribution in [0.25, 0.3) is 0 Å². The van der Waals surface area contributed by atoms with Crippen LogP contribution in [0.5, 0.6) is 0 Å². The molecule has 21 heavy (non-hydrogen) atoms. The summed E-state index contributed by atoms with van der Waals surface area (Å²) in [5.41, 5.74) is 5.95. The molecule has 0 aliphatic heterocycles. The van der Waals surface area contributed by atoms with Crippen LogP contribution in [-0.2, 0) is 9.59 Å². The van der Waals surface area contributed by atoms with Gasteiger partial charge in [0.05, 0.1) is 19.1 Å². The van der Waals surface area contributed by atoms with Crippen molar-refractivity contribution in [3.05, 3.63) is 35.9 Å². The minimum Gasteiger partial charge on any atom is -0.388 e. The molecule has 0 radical (unpaired) electrons. The number of nitrogens with zero attached hydrogens (tertiary/aromatic N) is 1. The molecule has 0 heterocycles. The molecule has 0 saturated heterocycles. The Bertz CT molecular complexity index is 484. The fraction of sp³-hybridized carbons (Fsp3) is 0.500. The first-order valence-electron chi connectivity index (χ1n) is 7.38. The van der Waals surface area contributed by atoms with Gasteiger partial charge < -0.3 is 15.7 Å². The minimum absolute atomic E-state index is 0.0200. The molecule has 3 N–H and O–H groups in total. The van der Waals surface area contributed by atoms with Gasteiger partial charge in [0.15, 0.2) is 0 Å². The van der Waals surface area contributed by atoms with E-state index in [1.54, 1.807) is 17.0 Å². The summed E-state index contributed by atoms with van der Waals surface area (Å²) in [7, 11) is 0. The predicted octanol–water partition coefficient (Wildman–Crippen LogP) is 1.37. The molecule has 5 nitrogen and oxygen atoms in total. The molecule has 1 aliphatic carbocycles. The number of aliphatic hydroxyl groups is 1. The molecule has 114 valence electrons. The zero-order valence-electron chi connectivity index (χ0n) is 12.1. The van der Waals surface area contributed by atoms with Crippen LogP contribution in [0, 0.1) is 0 Å². The fourth-order valence-electron chi connectivity index (χ4n) is 2.88. The lowest BCUT2D eigenvalue weighted by atomic mass is 10.1. The predicted molar refractivity (Wildman–Crippen MR) is 79.2 cm³/mol. The number of carbonyl (C=O) groups excluding carboxylic acids is 2. The van der Waals surface area contributed by atoms with Gasteiger partial charge in [-0.1, -0.05) is 43.2 Å². The Kier molecular flexibility index (Phi) is 5.33. The van der Waals surface area contributed by atoms with Crippen LogP contribution in [0.1, 0.15) is 43.8 Å². The summed E-state index contributed by atoms with van der Waals surface area (Å²) >= 11 is 0. The molecular weight excluding hydrogens is 268 g/mol.